The minimum absolute atomic E-state index is 0.0128. The van der Waals surface area contributed by atoms with E-state index in [0.717, 1.165) is 24.2 Å². The Morgan fingerprint density at radius 1 is 1.40 bits per heavy atom. The second-order valence-corrected chi connectivity index (χ2v) is 5.69. The molecule has 1 saturated carbocycles. The molecule has 1 aliphatic carbocycles. The maximum Gasteiger partial charge on any atom is 0.258 e. The van der Waals surface area contributed by atoms with E-state index in [2.05, 4.69) is 19.2 Å². The SMILES string of the molecule is CC(C)c1ccccc1OCC(=O)NCC(O)C1CC1. The number of hydrogen-bond acceptors (Lipinski definition) is 3. The number of benzene rings is 1. The van der Waals surface area contributed by atoms with Gasteiger partial charge in [0, 0.05) is 6.54 Å². The average Bonchev–Trinajstić information content (AvgIpc) is 3.27. The third-order valence-electron chi connectivity index (χ3n) is 3.57. The van der Waals surface area contributed by atoms with Crippen LogP contribution in [0.3, 0.4) is 0 Å². The van der Waals surface area contributed by atoms with Crippen molar-refractivity contribution in [2.75, 3.05) is 13.2 Å². The van der Waals surface area contributed by atoms with E-state index in [9.17, 15) is 9.90 Å². The number of carbonyl (C=O) groups is 1. The molecule has 0 spiro atoms. The van der Waals surface area contributed by atoms with Crippen molar-refractivity contribution in [3.63, 3.8) is 0 Å². The summed E-state index contributed by atoms with van der Waals surface area (Å²) in [5.74, 6) is 1.28. The summed E-state index contributed by atoms with van der Waals surface area (Å²) < 4.78 is 5.57. The largest absolute Gasteiger partial charge is 0.483 e. The van der Waals surface area contributed by atoms with Crippen molar-refractivity contribution < 1.29 is 14.6 Å². The molecule has 1 aromatic carbocycles. The zero-order valence-corrected chi connectivity index (χ0v) is 12.1. The standard InChI is InChI=1S/C16H23NO3/c1-11(2)13-5-3-4-6-15(13)20-10-16(19)17-9-14(18)12-7-8-12/h3-6,11-12,14,18H,7-10H2,1-2H3,(H,17,19). The first-order valence-electron chi connectivity index (χ1n) is 7.24. The Bertz CT molecular complexity index is 455. The number of aliphatic hydroxyl groups excluding tert-OH is 1. The zero-order valence-electron chi connectivity index (χ0n) is 12.1. The van der Waals surface area contributed by atoms with Crippen molar-refractivity contribution in [2.45, 2.75) is 38.7 Å². The van der Waals surface area contributed by atoms with Crippen LogP contribution in [0.15, 0.2) is 24.3 Å². The summed E-state index contributed by atoms with van der Waals surface area (Å²) in [4.78, 5) is 11.7. The zero-order chi connectivity index (χ0) is 14.5. The highest BCUT2D eigenvalue weighted by Gasteiger charge is 2.29. The molecule has 1 aliphatic rings. The van der Waals surface area contributed by atoms with E-state index in [-0.39, 0.29) is 12.5 Å². The summed E-state index contributed by atoms with van der Waals surface area (Å²) in [5.41, 5.74) is 1.10. The van der Waals surface area contributed by atoms with E-state index >= 15 is 0 Å². The van der Waals surface area contributed by atoms with Crippen LogP contribution < -0.4 is 10.1 Å². The fourth-order valence-electron chi connectivity index (χ4n) is 2.15. The predicted molar refractivity (Wildman–Crippen MR) is 77.8 cm³/mol. The van der Waals surface area contributed by atoms with Gasteiger partial charge < -0.3 is 15.2 Å². The molecular formula is C16H23NO3. The lowest BCUT2D eigenvalue weighted by atomic mass is 10.0. The van der Waals surface area contributed by atoms with Gasteiger partial charge in [0.15, 0.2) is 6.61 Å². The van der Waals surface area contributed by atoms with Crippen LogP contribution in [0.25, 0.3) is 0 Å². The molecule has 0 aliphatic heterocycles. The van der Waals surface area contributed by atoms with Crippen molar-refractivity contribution in [1.29, 1.82) is 0 Å². The van der Waals surface area contributed by atoms with Crippen LogP contribution in [-0.4, -0.2) is 30.3 Å². The van der Waals surface area contributed by atoms with Crippen LogP contribution in [0.5, 0.6) is 5.75 Å². The van der Waals surface area contributed by atoms with E-state index in [0.29, 0.717) is 18.4 Å². The number of rotatable bonds is 7. The van der Waals surface area contributed by atoms with Gasteiger partial charge in [0.2, 0.25) is 0 Å². The average molecular weight is 277 g/mol. The number of para-hydroxylation sites is 1. The Balaban J connectivity index is 1.78. The number of aliphatic hydroxyl groups is 1. The number of ether oxygens (including phenoxy) is 1. The van der Waals surface area contributed by atoms with Crippen LogP contribution in [0.1, 0.15) is 38.2 Å². The number of hydrogen-bond donors (Lipinski definition) is 2. The van der Waals surface area contributed by atoms with Crippen molar-refractivity contribution in [3.05, 3.63) is 29.8 Å². The molecule has 0 saturated heterocycles. The number of carbonyl (C=O) groups excluding carboxylic acids is 1. The minimum atomic E-state index is -0.415. The molecule has 1 unspecified atom stereocenters. The van der Waals surface area contributed by atoms with E-state index < -0.39 is 6.10 Å². The molecule has 110 valence electrons. The quantitative estimate of drug-likeness (QED) is 0.802. The fraction of sp³-hybridized carbons (Fsp3) is 0.562. The summed E-state index contributed by atoms with van der Waals surface area (Å²) in [6.45, 7) is 4.49. The minimum Gasteiger partial charge on any atom is -0.483 e. The number of nitrogens with one attached hydrogen (secondary N) is 1. The smallest absolute Gasteiger partial charge is 0.258 e. The van der Waals surface area contributed by atoms with Gasteiger partial charge in [-0.05, 0) is 36.3 Å². The fourth-order valence-corrected chi connectivity index (χ4v) is 2.15. The maximum absolute atomic E-state index is 11.7. The van der Waals surface area contributed by atoms with Gasteiger partial charge in [-0.15, -0.1) is 0 Å². The number of amides is 1. The van der Waals surface area contributed by atoms with Crippen molar-refractivity contribution in [3.8, 4) is 5.75 Å². The van der Waals surface area contributed by atoms with Gasteiger partial charge in [0.25, 0.3) is 5.91 Å². The highest BCUT2D eigenvalue weighted by atomic mass is 16.5. The Hall–Kier alpha value is -1.55. The molecule has 20 heavy (non-hydrogen) atoms. The maximum atomic E-state index is 11.7. The molecule has 1 atom stereocenters. The lowest BCUT2D eigenvalue weighted by Gasteiger charge is -2.14. The van der Waals surface area contributed by atoms with Crippen LogP contribution in [0, 0.1) is 5.92 Å². The van der Waals surface area contributed by atoms with E-state index in [1.807, 2.05) is 24.3 Å². The first-order chi connectivity index (χ1) is 9.58. The summed E-state index contributed by atoms with van der Waals surface area (Å²) in [7, 11) is 0. The highest BCUT2D eigenvalue weighted by molar-refractivity contribution is 5.77. The van der Waals surface area contributed by atoms with Crippen LogP contribution >= 0.6 is 0 Å². The van der Waals surface area contributed by atoms with Gasteiger partial charge >= 0.3 is 0 Å². The topological polar surface area (TPSA) is 58.6 Å². The summed E-state index contributed by atoms with van der Waals surface area (Å²) in [5, 5.41) is 12.4. The molecule has 2 N–H and O–H groups in total. The summed E-state index contributed by atoms with van der Waals surface area (Å²) >= 11 is 0. The molecule has 2 rings (SSSR count). The Morgan fingerprint density at radius 3 is 2.75 bits per heavy atom. The molecule has 1 fully saturated rings. The van der Waals surface area contributed by atoms with Gasteiger partial charge in [-0.3, -0.25) is 4.79 Å². The molecule has 0 aromatic heterocycles. The molecule has 0 bridgehead atoms. The molecule has 0 heterocycles. The summed E-state index contributed by atoms with van der Waals surface area (Å²) in [6, 6.07) is 7.75. The normalized spacial score (nSPS) is 16.0. The molecule has 1 aromatic rings. The van der Waals surface area contributed by atoms with Gasteiger partial charge in [0.05, 0.1) is 6.10 Å². The van der Waals surface area contributed by atoms with Gasteiger partial charge in [-0.25, -0.2) is 0 Å². The van der Waals surface area contributed by atoms with Gasteiger partial charge in [-0.2, -0.15) is 0 Å². The van der Waals surface area contributed by atoms with E-state index in [4.69, 9.17) is 4.74 Å². The molecule has 0 radical (unpaired) electrons. The second-order valence-electron chi connectivity index (χ2n) is 5.69. The predicted octanol–water partition coefficient (Wildman–Crippen LogP) is 2.08. The summed E-state index contributed by atoms with van der Waals surface area (Å²) in [6.07, 6.45) is 1.71. The lowest BCUT2D eigenvalue weighted by Crippen LogP contribution is -2.36. The Kier molecular flexibility index (Phi) is 5.01. The van der Waals surface area contributed by atoms with Crippen molar-refractivity contribution in [1.82, 2.24) is 5.32 Å². The first kappa shape index (κ1) is 14.9. The van der Waals surface area contributed by atoms with Gasteiger partial charge in [0.1, 0.15) is 5.75 Å². The first-order valence-corrected chi connectivity index (χ1v) is 7.24. The molecule has 1 amide bonds. The van der Waals surface area contributed by atoms with Crippen LogP contribution in [0.2, 0.25) is 0 Å². The molecule has 4 heteroatoms. The lowest BCUT2D eigenvalue weighted by molar-refractivity contribution is -0.123. The van der Waals surface area contributed by atoms with E-state index in [1.54, 1.807) is 0 Å². The highest BCUT2D eigenvalue weighted by Crippen LogP contribution is 2.32. The van der Waals surface area contributed by atoms with Crippen LogP contribution in [-0.2, 0) is 4.79 Å². The molecule has 4 nitrogen and oxygen atoms in total. The van der Waals surface area contributed by atoms with E-state index in [1.165, 1.54) is 0 Å². The van der Waals surface area contributed by atoms with Crippen LogP contribution in [0.4, 0.5) is 0 Å². The van der Waals surface area contributed by atoms with Crippen molar-refractivity contribution in [2.24, 2.45) is 5.92 Å². The molecular weight excluding hydrogens is 254 g/mol. The third kappa shape index (κ3) is 4.23. The monoisotopic (exact) mass is 277 g/mol. The second kappa shape index (κ2) is 6.75. The Morgan fingerprint density at radius 2 is 2.10 bits per heavy atom. The van der Waals surface area contributed by atoms with Crippen molar-refractivity contribution >= 4 is 5.91 Å². The third-order valence-corrected chi connectivity index (χ3v) is 3.57. The van der Waals surface area contributed by atoms with Gasteiger partial charge in [-0.1, -0.05) is 32.0 Å². The Labute approximate surface area is 120 Å².